The molecule has 1 rings (SSSR count). The van der Waals surface area contributed by atoms with E-state index in [0.717, 1.165) is 12.0 Å². The molecular formula is C17H27FO. The second-order valence-corrected chi connectivity index (χ2v) is 5.23. The highest BCUT2D eigenvalue weighted by Gasteiger charge is 2.01. The van der Waals surface area contributed by atoms with Gasteiger partial charge in [-0.05, 0) is 25.0 Å². The van der Waals surface area contributed by atoms with Crippen molar-refractivity contribution in [1.29, 1.82) is 0 Å². The van der Waals surface area contributed by atoms with Gasteiger partial charge >= 0.3 is 0 Å². The minimum Gasteiger partial charge on any atom is -0.493 e. The summed E-state index contributed by atoms with van der Waals surface area (Å²) in [7, 11) is 0. The summed E-state index contributed by atoms with van der Waals surface area (Å²) >= 11 is 0. The van der Waals surface area contributed by atoms with E-state index in [0.29, 0.717) is 12.4 Å². The number of halogens is 1. The second kappa shape index (κ2) is 9.82. The molecule has 0 aliphatic heterocycles. The van der Waals surface area contributed by atoms with Crippen molar-refractivity contribution in [2.75, 3.05) is 6.61 Å². The lowest BCUT2D eigenvalue weighted by atomic mass is 10.1. The van der Waals surface area contributed by atoms with Gasteiger partial charge in [0.2, 0.25) is 0 Å². The Morgan fingerprint density at radius 3 is 2.26 bits per heavy atom. The van der Waals surface area contributed by atoms with Gasteiger partial charge < -0.3 is 4.74 Å². The molecule has 0 aliphatic carbocycles. The van der Waals surface area contributed by atoms with Gasteiger partial charge in [-0.2, -0.15) is 0 Å². The molecule has 0 bridgehead atoms. The zero-order chi connectivity index (χ0) is 13.9. The lowest BCUT2D eigenvalue weighted by Gasteiger charge is -2.09. The average Bonchev–Trinajstić information content (AvgIpc) is 2.40. The Hall–Kier alpha value is -1.05. The molecule has 1 aromatic rings. The highest BCUT2D eigenvalue weighted by molar-refractivity contribution is 5.32. The van der Waals surface area contributed by atoms with E-state index in [1.54, 1.807) is 6.07 Å². The maximum absolute atomic E-state index is 13.0. The fourth-order valence-corrected chi connectivity index (χ4v) is 2.15. The second-order valence-electron chi connectivity index (χ2n) is 5.23. The summed E-state index contributed by atoms with van der Waals surface area (Å²) in [6.07, 6.45) is 10.3. The number of aryl methyl sites for hydroxylation is 1. The van der Waals surface area contributed by atoms with Gasteiger partial charge in [-0.15, -0.1) is 0 Å². The summed E-state index contributed by atoms with van der Waals surface area (Å²) in [5, 5.41) is 0. The third-order valence-corrected chi connectivity index (χ3v) is 3.41. The number of rotatable bonds is 10. The maximum Gasteiger partial charge on any atom is 0.126 e. The lowest BCUT2D eigenvalue weighted by molar-refractivity contribution is 0.301. The van der Waals surface area contributed by atoms with Gasteiger partial charge in [0.05, 0.1) is 6.61 Å². The molecule has 2 heteroatoms. The molecule has 0 amide bonds. The molecule has 0 atom stereocenters. The molecule has 0 radical (unpaired) electrons. The zero-order valence-corrected chi connectivity index (χ0v) is 12.4. The maximum atomic E-state index is 13.0. The van der Waals surface area contributed by atoms with Gasteiger partial charge in [-0.1, -0.05) is 57.9 Å². The SMILES string of the molecule is CCCCCCCCCCOc1cc(F)ccc1C. The van der Waals surface area contributed by atoms with Crippen molar-refractivity contribution in [3.05, 3.63) is 29.6 Å². The van der Waals surface area contributed by atoms with Crippen LogP contribution in [0.3, 0.4) is 0 Å². The molecule has 0 unspecified atom stereocenters. The van der Waals surface area contributed by atoms with Gasteiger partial charge in [0.15, 0.2) is 0 Å². The number of ether oxygens (including phenoxy) is 1. The third-order valence-electron chi connectivity index (χ3n) is 3.41. The van der Waals surface area contributed by atoms with Gasteiger partial charge in [0.1, 0.15) is 11.6 Å². The summed E-state index contributed by atoms with van der Waals surface area (Å²) in [5.74, 6) is 0.458. The van der Waals surface area contributed by atoms with Gasteiger partial charge in [-0.25, -0.2) is 4.39 Å². The molecule has 1 aromatic carbocycles. The summed E-state index contributed by atoms with van der Waals surface area (Å²) in [4.78, 5) is 0. The largest absolute Gasteiger partial charge is 0.493 e. The van der Waals surface area contributed by atoms with E-state index in [1.165, 1.54) is 57.1 Å². The van der Waals surface area contributed by atoms with E-state index in [4.69, 9.17) is 4.74 Å². The predicted octanol–water partition coefficient (Wildman–Crippen LogP) is 5.65. The Kier molecular flexibility index (Phi) is 8.28. The third kappa shape index (κ3) is 7.19. The van der Waals surface area contributed by atoms with E-state index in [9.17, 15) is 4.39 Å². The molecular weight excluding hydrogens is 239 g/mol. The van der Waals surface area contributed by atoms with Crippen molar-refractivity contribution >= 4 is 0 Å². The molecule has 0 saturated heterocycles. The molecule has 19 heavy (non-hydrogen) atoms. The first kappa shape index (κ1) is 16.0. The Morgan fingerprint density at radius 2 is 1.58 bits per heavy atom. The topological polar surface area (TPSA) is 9.23 Å². The molecule has 0 N–H and O–H groups in total. The standard InChI is InChI=1S/C17H27FO/c1-3-4-5-6-7-8-9-10-13-19-17-14-16(18)12-11-15(17)2/h11-12,14H,3-10,13H2,1-2H3. The Balaban J connectivity index is 2.03. The van der Waals surface area contributed by atoms with Crippen LogP contribution in [0.1, 0.15) is 63.9 Å². The van der Waals surface area contributed by atoms with Crippen molar-refractivity contribution in [1.82, 2.24) is 0 Å². The van der Waals surface area contributed by atoms with E-state index in [2.05, 4.69) is 6.92 Å². The van der Waals surface area contributed by atoms with E-state index in [-0.39, 0.29) is 5.82 Å². The number of hydrogen-bond donors (Lipinski definition) is 0. The van der Waals surface area contributed by atoms with Crippen LogP contribution in [0.4, 0.5) is 4.39 Å². The monoisotopic (exact) mass is 266 g/mol. The Labute approximate surface area is 117 Å². The lowest BCUT2D eigenvalue weighted by Crippen LogP contribution is -1.99. The van der Waals surface area contributed by atoms with E-state index < -0.39 is 0 Å². The summed E-state index contributed by atoms with van der Waals surface area (Å²) in [6, 6.07) is 4.71. The first-order chi connectivity index (χ1) is 9.24. The molecule has 1 nitrogen and oxygen atoms in total. The van der Waals surface area contributed by atoms with Crippen LogP contribution in [-0.2, 0) is 0 Å². The quantitative estimate of drug-likeness (QED) is 0.497. The smallest absolute Gasteiger partial charge is 0.126 e. The van der Waals surface area contributed by atoms with Crippen LogP contribution in [0.15, 0.2) is 18.2 Å². The summed E-state index contributed by atoms with van der Waals surface area (Å²) < 4.78 is 18.7. The van der Waals surface area contributed by atoms with Crippen molar-refractivity contribution < 1.29 is 9.13 Å². The predicted molar refractivity (Wildman–Crippen MR) is 79.2 cm³/mol. The zero-order valence-electron chi connectivity index (χ0n) is 12.4. The molecule has 108 valence electrons. The molecule has 0 aromatic heterocycles. The van der Waals surface area contributed by atoms with Crippen LogP contribution >= 0.6 is 0 Å². The minimum absolute atomic E-state index is 0.225. The van der Waals surface area contributed by atoms with Gasteiger partial charge in [0, 0.05) is 6.07 Å². The van der Waals surface area contributed by atoms with Gasteiger partial charge in [-0.3, -0.25) is 0 Å². The Bertz CT molecular complexity index is 349. The molecule has 0 fully saturated rings. The van der Waals surface area contributed by atoms with Crippen molar-refractivity contribution in [3.63, 3.8) is 0 Å². The number of hydrogen-bond acceptors (Lipinski definition) is 1. The normalized spacial score (nSPS) is 10.7. The van der Waals surface area contributed by atoms with Crippen molar-refractivity contribution in [3.8, 4) is 5.75 Å². The molecule has 0 spiro atoms. The van der Waals surface area contributed by atoms with Crippen LogP contribution in [0, 0.1) is 12.7 Å². The molecule has 0 aliphatic rings. The first-order valence-electron chi connectivity index (χ1n) is 7.63. The highest BCUT2D eigenvalue weighted by Crippen LogP contribution is 2.19. The number of benzene rings is 1. The van der Waals surface area contributed by atoms with Crippen LogP contribution in [0.2, 0.25) is 0 Å². The highest BCUT2D eigenvalue weighted by atomic mass is 19.1. The fraction of sp³-hybridized carbons (Fsp3) is 0.647. The first-order valence-corrected chi connectivity index (χ1v) is 7.63. The van der Waals surface area contributed by atoms with E-state index >= 15 is 0 Å². The van der Waals surface area contributed by atoms with Crippen molar-refractivity contribution in [2.45, 2.75) is 65.2 Å². The van der Waals surface area contributed by atoms with Crippen LogP contribution in [-0.4, -0.2) is 6.61 Å². The van der Waals surface area contributed by atoms with Gasteiger partial charge in [0.25, 0.3) is 0 Å². The fourth-order valence-electron chi connectivity index (χ4n) is 2.15. The molecule has 0 heterocycles. The summed E-state index contributed by atoms with van der Waals surface area (Å²) in [5.41, 5.74) is 1.00. The summed E-state index contributed by atoms with van der Waals surface area (Å²) in [6.45, 7) is 4.88. The van der Waals surface area contributed by atoms with E-state index in [1.807, 2.05) is 6.92 Å². The van der Waals surface area contributed by atoms with Crippen LogP contribution in [0.5, 0.6) is 5.75 Å². The minimum atomic E-state index is -0.225. The van der Waals surface area contributed by atoms with Crippen LogP contribution in [0.25, 0.3) is 0 Å². The average molecular weight is 266 g/mol. The Morgan fingerprint density at radius 1 is 0.947 bits per heavy atom. The number of unbranched alkanes of at least 4 members (excludes halogenated alkanes) is 7. The van der Waals surface area contributed by atoms with Crippen LogP contribution < -0.4 is 4.74 Å². The molecule has 0 saturated carbocycles. The van der Waals surface area contributed by atoms with Crippen molar-refractivity contribution in [2.24, 2.45) is 0 Å².